The van der Waals surface area contributed by atoms with Gasteiger partial charge in [0.05, 0.1) is 6.61 Å². The van der Waals surface area contributed by atoms with E-state index in [1.54, 1.807) is 0 Å². The van der Waals surface area contributed by atoms with Gasteiger partial charge < -0.3 is 25.7 Å². The fraction of sp³-hybridized carbons (Fsp3) is 0.857. The Bertz CT molecular complexity index is 179. The van der Waals surface area contributed by atoms with E-state index in [0.29, 0.717) is 5.75 Å². The van der Waals surface area contributed by atoms with Gasteiger partial charge in [-0.05, 0) is 0 Å². The van der Waals surface area contributed by atoms with Crippen molar-refractivity contribution in [1.29, 1.82) is 0 Å². The molecular weight excluding hydrogens is 210 g/mol. The van der Waals surface area contributed by atoms with Gasteiger partial charge in [0.2, 0.25) is 0 Å². The van der Waals surface area contributed by atoms with Gasteiger partial charge in [0.1, 0.15) is 12.2 Å². The second-order valence-corrected chi connectivity index (χ2v) is 3.15. The first-order valence-corrected chi connectivity index (χ1v) is 4.71. The van der Waals surface area contributed by atoms with E-state index in [4.69, 9.17) is 20.4 Å². The van der Waals surface area contributed by atoms with Gasteiger partial charge in [-0.1, -0.05) is 0 Å². The van der Waals surface area contributed by atoms with Gasteiger partial charge >= 0.3 is 0 Å². The number of hydrogen-bond donors (Lipinski definition) is 6. The zero-order chi connectivity index (χ0) is 11.1. The first kappa shape index (κ1) is 13.7. The van der Waals surface area contributed by atoms with E-state index in [2.05, 4.69) is 17.9 Å². The molecule has 0 aliphatic heterocycles. The van der Waals surface area contributed by atoms with Crippen molar-refractivity contribution in [2.75, 3.05) is 18.9 Å². The second kappa shape index (κ2) is 7.02. The van der Waals surface area contributed by atoms with Gasteiger partial charge in [0, 0.05) is 12.3 Å². The fourth-order valence-electron chi connectivity index (χ4n) is 0.757. The minimum atomic E-state index is -1.75. The Labute approximate surface area is 87.0 Å². The maximum Gasteiger partial charge on any atom is 0.251 e. The van der Waals surface area contributed by atoms with Crippen molar-refractivity contribution in [2.24, 2.45) is 0 Å². The maximum absolute atomic E-state index is 11.0. The number of carbonyl (C=O) groups excluding carboxylic acids is 1. The Kier molecular flexibility index (Phi) is 6.85. The molecule has 0 unspecified atom stereocenters. The number of carbonyl (C=O) groups is 1. The van der Waals surface area contributed by atoms with Crippen molar-refractivity contribution in [3.05, 3.63) is 0 Å². The molecule has 5 N–H and O–H groups in total. The van der Waals surface area contributed by atoms with Crippen LogP contribution in [0, 0.1) is 0 Å². The third-order valence-electron chi connectivity index (χ3n) is 1.58. The summed E-state index contributed by atoms with van der Waals surface area (Å²) in [4.78, 5) is 11.0. The average Bonchev–Trinajstić information content (AvgIpc) is 2.22. The highest BCUT2D eigenvalue weighted by molar-refractivity contribution is 7.80. The quantitative estimate of drug-likeness (QED) is 0.272. The molecule has 0 aliphatic carbocycles. The van der Waals surface area contributed by atoms with Gasteiger partial charge in [0.15, 0.2) is 6.10 Å². The van der Waals surface area contributed by atoms with E-state index in [1.807, 2.05) is 0 Å². The molecule has 7 heteroatoms. The van der Waals surface area contributed by atoms with Crippen LogP contribution in [0.5, 0.6) is 0 Å². The van der Waals surface area contributed by atoms with Gasteiger partial charge in [-0.15, -0.1) is 0 Å². The van der Waals surface area contributed by atoms with Crippen LogP contribution < -0.4 is 5.32 Å². The Morgan fingerprint density at radius 2 is 1.93 bits per heavy atom. The van der Waals surface area contributed by atoms with Crippen LogP contribution in [0.15, 0.2) is 0 Å². The summed E-state index contributed by atoms with van der Waals surface area (Å²) in [5.74, 6) is -0.407. The van der Waals surface area contributed by atoms with Crippen LogP contribution >= 0.6 is 12.6 Å². The lowest BCUT2D eigenvalue weighted by Gasteiger charge is -2.20. The van der Waals surface area contributed by atoms with E-state index < -0.39 is 30.8 Å². The molecule has 0 rings (SSSR count). The summed E-state index contributed by atoms with van der Waals surface area (Å²) in [7, 11) is 0. The summed E-state index contributed by atoms with van der Waals surface area (Å²) in [6, 6.07) is 0. The number of thiol groups is 1. The number of nitrogens with one attached hydrogen (secondary N) is 1. The summed E-state index contributed by atoms with van der Waals surface area (Å²) in [5.41, 5.74) is 0. The molecule has 0 aliphatic rings. The maximum atomic E-state index is 11.0. The lowest BCUT2D eigenvalue weighted by Crippen LogP contribution is -2.48. The third kappa shape index (κ3) is 4.25. The van der Waals surface area contributed by atoms with E-state index >= 15 is 0 Å². The van der Waals surface area contributed by atoms with Crippen LogP contribution in [-0.4, -0.2) is 63.5 Å². The highest BCUT2D eigenvalue weighted by Gasteiger charge is 2.29. The summed E-state index contributed by atoms with van der Waals surface area (Å²) < 4.78 is 0. The fourth-order valence-corrected chi connectivity index (χ4v) is 0.869. The molecular formula is C7H15NO5S. The van der Waals surface area contributed by atoms with Crippen molar-refractivity contribution in [1.82, 2.24) is 5.32 Å². The molecule has 0 bridgehead atoms. The zero-order valence-corrected chi connectivity index (χ0v) is 8.39. The molecule has 0 saturated carbocycles. The SMILES string of the molecule is O=C(NCCS)[C@H](O)[C@@H](O)[C@H](O)CO. The molecule has 84 valence electrons. The van der Waals surface area contributed by atoms with Crippen molar-refractivity contribution in [3.8, 4) is 0 Å². The van der Waals surface area contributed by atoms with Gasteiger partial charge in [-0.3, -0.25) is 4.79 Å². The number of hydrogen-bond acceptors (Lipinski definition) is 6. The molecule has 0 heterocycles. The Morgan fingerprint density at radius 3 is 2.36 bits per heavy atom. The van der Waals surface area contributed by atoms with E-state index in [1.165, 1.54) is 0 Å². The third-order valence-corrected chi connectivity index (χ3v) is 1.81. The smallest absolute Gasteiger partial charge is 0.251 e. The van der Waals surface area contributed by atoms with E-state index in [-0.39, 0.29) is 6.54 Å². The monoisotopic (exact) mass is 225 g/mol. The first-order chi connectivity index (χ1) is 6.54. The number of aliphatic hydroxyl groups is 4. The highest BCUT2D eigenvalue weighted by Crippen LogP contribution is 1.99. The molecule has 0 aromatic carbocycles. The molecule has 0 radical (unpaired) electrons. The molecule has 1 amide bonds. The predicted octanol–water partition coefficient (Wildman–Crippen LogP) is -2.89. The zero-order valence-electron chi connectivity index (χ0n) is 7.50. The van der Waals surface area contributed by atoms with Crippen LogP contribution in [0.1, 0.15) is 0 Å². The largest absolute Gasteiger partial charge is 0.394 e. The molecule has 0 spiro atoms. The van der Waals surface area contributed by atoms with E-state index in [9.17, 15) is 4.79 Å². The van der Waals surface area contributed by atoms with Gasteiger partial charge in [-0.2, -0.15) is 12.6 Å². The number of amides is 1. The number of rotatable bonds is 6. The van der Waals surface area contributed by atoms with Gasteiger partial charge in [-0.25, -0.2) is 0 Å². The predicted molar refractivity (Wildman–Crippen MR) is 52.0 cm³/mol. The number of aliphatic hydroxyl groups excluding tert-OH is 4. The first-order valence-electron chi connectivity index (χ1n) is 4.08. The summed E-state index contributed by atoms with van der Waals surface area (Å²) >= 11 is 3.83. The molecule has 0 fully saturated rings. The van der Waals surface area contributed by atoms with Crippen LogP contribution in [0.25, 0.3) is 0 Å². The molecule has 0 aromatic heterocycles. The lowest BCUT2D eigenvalue weighted by atomic mass is 10.1. The van der Waals surface area contributed by atoms with Crippen LogP contribution in [0.4, 0.5) is 0 Å². The average molecular weight is 225 g/mol. The van der Waals surface area contributed by atoms with Crippen molar-refractivity contribution in [3.63, 3.8) is 0 Å². The second-order valence-electron chi connectivity index (χ2n) is 2.70. The van der Waals surface area contributed by atoms with Crippen molar-refractivity contribution < 1.29 is 25.2 Å². The summed E-state index contributed by atoms with van der Waals surface area (Å²) in [6.45, 7) is -0.473. The Hall–Kier alpha value is -0.340. The minimum absolute atomic E-state index is 0.251. The summed E-state index contributed by atoms with van der Waals surface area (Å²) in [6.07, 6.45) is -4.98. The standard InChI is InChI=1S/C7H15NO5S/c9-3-4(10)5(11)6(12)7(13)8-1-2-14/h4-6,9-12,14H,1-3H2,(H,8,13)/t4-,5+,6-/m1/s1. The van der Waals surface area contributed by atoms with Crippen LogP contribution in [0.3, 0.4) is 0 Å². The van der Waals surface area contributed by atoms with Crippen molar-refractivity contribution in [2.45, 2.75) is 18.3 Å². The highest BCUT2D eigenvalue weighted by atomic mass is 32.1. The van der Waals surface area contributed by atoms with Gasteiger partial charge in [0.25, 0.3) is 5.91 Å². The molecule has 6 nitrogen and oxygen atoms in total. The lowest BCUT2D eigenvalue weighted by molar-refractivity contribution is -0.142. The van der Waals surface area contributed by atoms with Crippen molar-refractivity contribution >= 4 is 18.5 Å². The Balaban J connectivity index is 4.03. The minimum Gasteiger partial charge on any atom is -0.394 e. The van der Waals surface area contributed by atoms with Crippen LogP contribution in [0.2, 0.25) is 0 Å². The topological polar surface area (TPSA) is 110 Å². The molecule has 14 heavy (non-hydrogen) atoms. The van der Waals surface area contributed by atoms with Crippen LogP contribution in [-0.2, 0) is 4.79 Å². The summed E-state index contributed by atoms with van der Waals surface area (Å²) in [5, 5.41) is 37.9. The molecule has 3 atom stereocenters. The normalized spacial score (nSPS) is 17.2. The molecule has 0 saturated heterocycles. The molecule has 0 aromatic rings. The van der Waals surface area contributed by atoms with E-state index in [0.717, 1.165) is 0 Å². The Morgan fingerprint density at radius 1 is 1.36 bits per heavy atom.